The summed E-state index contributed by atoms with van der Waals surface area (Å²) in [6, 6.07) is 2.67. The predicted octanol–water partition coefficient (Wildman–Crippen LogP) is 5.19. The highest BCUT2D eigenvalue weighted by molar-refractivity contribution is 7.21. The van der Waals surface area contributed by atoms with Gasteiger partial charge in [0.1, 0.15) is 5.01 Å². The highest BCUT2D eigenvalue weighted by Gasteiger charge is 2.35. The van der Waals surface area contributed by atoms with Crippen molar-refractivity contribution < 1.29 is 0 Å². The van der Waals surface area contributed by atoms with Crippen LogP contribution in [0.4, 0.5) is 0 Å². The summed E-state index contributed by atoms with van der Waals surface area (Å²) in [5, 5.41) is 7.11. The summed E-state index contributed by atoms with van der Waals surface area (Å²) in [6.45, 7) is 10.2. The molecule has 0 spiro atoms. The van der Waals surface area contributed by atoms with Crippen molar-refractivity contribution in [1.29, 1.82) is 0 Å². The summed E-state index contributed by atoms with van der Waals surface area (Å²) in [4.78, 5) is 7.82. The standard InChI is InChI=1S/C17H24N2S2/c1-5-7-18-12-9-17(3,4)10-13-15(12)21-16(19-13)14-11(2)6-8-20-14/h6,8,12,18H,5,7,9-10H2,1-4H3. The molecule has 2 aromatic rings. The van der Waals surface area contributed by atoms with Crippen molar-refractivity contribution in [3.8, 4) is 9.88 Å². The third-order valence-electron chi connectivity index (χ3n) is 4.14. The first-order chi connectivity index (χ1) is 10.00. The Morgan fingerprint density at radius 1 is 1.43 bits per heavy atom. The van der Waals surface area contributed by atoms with E-state index >= 15 is 0 Å². The SMILES string of the molecule is CCCNC1CC(C)(C)Cc2nc(-c3sccc3C)sc21. The molecule has 21 heavy (non-hydrogen) atoms. The van der Waals surface area contributed by atoms with Crippen molar-refractivity contribution in [1.82, 2.24) is 10.3 Å². The third kappa shape index (κ3) is 3.08. The van der Waals surface area contributed by atoms with Crippen molar-refractivity contribution in [3.05, 3.63) is 27.6 Å². The molecule has 1 N–H and O–H groups in total. The van der Waals surface area contributed by atoms with Crippen LogP contribution in [0.5, 0.6) is 0 Å². The maximum Gasteiger partial charge on any atom is 0.134 e. The van der Waals surface area contributed by atoms with Gasteiger partial charge in [-0.2, -0.15) is 0 Å². The summed E-state index contributed by atoms with van der Waals surface area (Å²) < 4.78 is 0. The van der Waals surface area contributed by atoms with Crippen molar-refractivity contribution in [2.45, 2.75) is 53.0 Å². The molecule has 2 nitrogen and oxygen atoms in total. The normalized spacial score (nSPS) is 20.5. The van der Waals surface area contributed by atoms with Crippen LogP contribution in [0.3, 0.4) is 0 Å². The van der Waals surface area contributed by atoms with Crippen molar-refractivity contribution in [3.63, 3.8) is 0 Å². The van der Waals surface area contributed by atoms with Crippen LogP contribution in [0.15, 0.2) is 11.4 Å². The fourth-order valence-corrected chi connectivity index (χ4v) is 5.35. The van der Waals surface area contributed by atoms with Gasteiger partial charge < -0.3 is 5.32 Å². The van der Waals surface area contributed by atoms with Crippen molar-refractivity contribution >= 4 is 22.7 Å². The molecular formula is C17H24N2S2. The Labute approximate surface area is 135 Å². The lowest BCUT2D eigenvalue weighted by atomic mass is 9.76. The zero-order valence-corrected chi connectivity index (χ0v) is 15.0. The lowest BCUT2D eigenvalue weighted by Gasteiger charge is -2.34. The van der Waals surface area contributed by atoms with E-state index in [-0.39, 0.29) is 0 Å². The summed E-state index contributed by atoms with van der Waals surface area (Å²) >= 11 is 3.72. The van der Waals surface area contributed by atoms with Crippen LogP contribution in [0.25, 0.3) is 9.88 Å². The van der Waals surface area contributed by atoms with E-state index in [1.807, 2.05) is 22.7 Å². The second-order valence-corrected chi connectivity index (χ2v) is 8.76. The molecule has 114 valence electrons. The molecule has 2 aromatic heterocycles. The molecule has 0 radical (unpaired) electrons. The smallest absolute Gasteiger partial charge is 0.134 e. The van der Waals surface area contributed by atoms with E-state index in [1.54, 1.807) is 0 Å². The number of aromatic nitrogens is 1. The second kappa shape index (κ2) is 5.82. The minimum Gasteiger partial charge on any atom is -0.309 e. The highest BCUT2D eigenvalue weighted by atomic mass is 32.1. The quantitative estimate of drug-likeness (QED) is 0.838. The second-order valence-electron chi connectivity index (χ2n) is 6.81. The highest BCUT2D eigenvalue weighted by Crippen LogP contribution is 2.45. The van der Waals surface area contributed by atoms with E-state index in [9.17, 15) is 0 Å². The van der Waals surface area contributed by atoms with Gasteiger partial charge in [-0.3, -0.25) is 0 Å². The molecule has 0 fully saturated rings. The first-order valence-corrected chi connectivity index (χ1v) is 9.47. The van der Waals surface area contributed by atoms with Crippen LogP contribution in [0.2, 0.25) is 0 Å². The van der Waals surface area contributed by atoms with E-state index in [0.717, 1.165) is 13.0 Å². The number of aryl methyl sites for hydroxylation is 1. The van der Waals surface area contributed by atoms with Gasteiger partial charge in [0, 0.05) is 10.9 Å². The number of thiophene rings is 1. The van der Waals surface area contributed by atoms with Crippen LogP contribution in [0, 0.1) is 12.3 Å². The van der Waals surface area contributed by atoms with E-state index in [0.29, 0.717) is 11.5 Å². The summed E-state index contributed by atoms with van der Waals surface area (Å²) in [7, 11) is 0. The van der Waals surface area contributed by atoms with Gasteiger partial charge in [0.25, 0.3) is 0 Å². The van der Waals surface area contributed by atoms with E-state index in [1.165, 1.54) is 38.9 Å². The van der Waals surface area contributed by atoms with Gasteiger partial charge >= 0.3 is 0 Å². The Morgan fingerprint density at radius 2 is 2.24 bits per heavy atom. The lowest BCUT2D eigenvalue weighted by molar-refractivity contribution is 0.258. The molecule has 0 bridgehead atoms. The van der Waals surface area contributed by atoms with Gasteiger partial charge in [-0.05, 0) is 55.2 Å². The van der Waals surface area contributed by atoms with Crippen molar-refractivity contribution in [2.75, 3.05) is 6.54 Å². The Morgan fingerprint density at radius 3 is 2.90 bits per heavy atom. The average Bonchev–Trinajstić information content (AvgIpc) is 3.00. The number of thiazole rings is 1. The van der Waals surface area contributed by atoms with Gasteiger partial charge in [-0.15, -0.1) is 22.7 Å². The molecule has 0 aliphatic heterocycles. The van der Waals surface area contributed by atoms with Crippen LogP contribution in [-0.4, -0.2) is 11.5 Å². The van der Waals surface area contributed by atoms with Gasteiger partial charge in [-0.1, -0.05) is 20.8 Å². The Balaban J connectivity index is 1.97. The Kier molecular flexibility index (Phi) is 4.21. The fourth-order valence-electron chi connectivity index (χ4n) is 3.11. The molecule has 1 aliphatic rings. The molecule has 4 heteroatoms. The largest absolute Gasteiger partial charge is 0.309 e. The summed E-state index contributed by atoms with van der Waals surface area (Å²) in [5.74, 6) is 0. The number of hydrogen-bond acceptors (Lipinski definition) is 4. The molecule has 0 amide bonds. The Bertz CT molecular complexity index is 625. The monoisotopic (exact) mass is 320 g/mol. The average molecular weight is 321 g/mol. The van der Waals surface area contributed by atoms with Gasteiger partial charge in [0.15, 0.2) is 0 Å². The third-order valence-corrected chi connectivity index (χ3v) is 6.53. The fraction of sp³-hybridized carbons (Fsp3) is 0.588. The zero-order chi connectivity index (χ0) is 15.0. The molecule has 0 saturated heterocycles. The molecule has 3 rings (SSSR count). The number of rotatable bonds is 4. The number of nitrogens with zero attached hydrogens (tertiary/aromatic N) is 1. The summed E-state index contributed by atoms with van der Waals surface area (Å²) in [6.07, 6.45) is 3.50. The number of hydrogen-bond donors (Lipinski definition) is 1. The molecule has 0 saturated carbocycles. The first-order valence-electron chi connectivity index (χ1n) is 7.77. The van der Waals surface area contributed by atoms with E-state index in [2.05, 4.69) is 44.5 Å². The van der Waals surface area contributed by atoms with Gasteiger partial charge in [-0.25, -0.2) is 4.98 Å². The minimum absolute atomic E-state index is 0.342. The predicted molar refractivity (Wildman–Crippen MR) is 93.3 cm³/mol. The molecular weight excluding hydrogens is 296 g/mol. The molecule has 1 unspecified atom stereocenters. The lowest BCUT2D eigenvalue weighted by Crippen LogP contribution is -2.33. The van der Waals surface area contributed by atoms with Crippen molar-refractivity contribution in [2.24, 2.45) is 5.41 Å². The molecule has 1 aliphatic carbocycles. The topological polar surface area (TPSA) is 24.9 Å². The Hall–Kier alpha value is -0.710. The van der Waals surface area contributed by atoms with Crippen LogP contribution >= 0.6 is 22.7 Å². The van der Waals surface area contributed by atoms with Gasteiger partial charge in [0.05, 0.1) is 10.6 Å². The van der Waals surface area contributed by atoms with Gasteiger partial charge in [0.2, 0.25) is 0 Å². The van der Waals surface area contributed by atoms with E-state index < -0.39 is 0 Å². The number of nitrogens with one attached hydrogen (secondary N) is 1. The van der Waals surface area contributed by atoms with Crippen LogP contribution in [-0.2, 0) is 6.42 Å². The molecule has 2 heterocycles. The molecule has 0 aromatic carbocycles. The van der Waals surface area contributed by atoms with Crippen LogP contribution in [0.1, 0.15) is 55.8 Å². The van der Waals surface area contributed by atoms with Crippen LogP contribution < -0.4 is 5.32 Å². The molecule has 1 atom stereocenters. The zero-order valence-electron chi connectivity index (χ0n) is 13.3. The van der Waals surface area contributed by atoms with E-state index in [4.69, 9.17) is 4.98 Å². The maximum absolute atomic E-state index is 5.00. The minimum atomic E-state index is 0.342. The maximum atomic E-state index is 5.00. The number of fused-ring (bicyclic) bond motifs is 1. The first kappa shape index (κ1) is 15.2. The summed E-state index contributed by atoms with van der Waals surface area (Å²) in [5.41, 5.74) is 3.02.